The molecule has 96 valence electrons. The van der Waals surface area contributed by atoms with Gasteiger partial charge in [0.1, 0.15) is 0 Å². The molecule has 1 aliphatic rings. The molecule has 2 rings (SSSR count). The Morgan fingerprint density at radius 1 is 1.39 bits per heavy atom. The van der Waals surface area contributed by atoms with Gasteiger partial charge in [0.15, 0.2) is 0 Å². The lowest BCUT2D eigenvalue weighted by atomic mass is 10.1. The predicted octanol–water partition coefficient (Wildman–Crippen LogP) is 3.54. The number of aliphatic carboxylic acids is 1. The van der Waals surface area contributed by atoms with Gasteiger partial charge in [0.05, 0.1) is 0 Å². The number of nitrogens with zero attached hydrogens (tertiary/aromatic N) is 1. The molecule has 1 aliphatic heterocycles. The van der Waals surface area contributed by atoms with Gasteiger partial charge in [-0.2, -0.15) is 0 Å². The molecule has 0 unspecified atom stereocenters. The van der Waals surface area contributed by atoms with E-state index in [1.807, 2.05) is 25.2 Å². The van der Waals surface area contributed by atoms with Crippen molar-refractivity contribution in [2.24, 2.45) is 0 Å². The van der Waals surface area contributed by atoms with Crippen LogP contribution in [0.25, 0.3) is 6.08 Å². The van der Waals surface area contributed by atoms with E-state index in [0.29, 0.717) is 12.0 Å². The van der Waals surface area contributed by atoms with Crippen molar-refractivity contribution >= 4 is 33.7 Å². The van der Waals surface area contributed by atoms with Crippen LogP contribution < -0.4 is 4.90 Å². The lowest BCUT2D eigenvalue weighted by molar-refractivity contribution is -0.132. The topological polar surface area (TPSA) is 40.5 Å². The van der Waals surface area contributed by atoms with Crippen LogP contribution in [0.3, 0.4) is 0 Å². The third-order valence-corrected chi connectivity index (χ3v) is 3.69. The highest BCUT2D eigenvalue weighted by molar-refractivity contribution is 9.10. The Hall–Kier alpha value is -1.29. The molecule has 1 aromatic carbocycles. The Balaban J connectivity index is 2.51. The van der Waals surface area contributed by atoms with E-state index in [1.54, 1.807) is 6.08 Å². The summed E-state index contributed by atoms with van der Waals surface area (Å²) in [6.45, 7) is 0.954. The number of anilines is 1. The minimum absolute atomic E-state index is 0.490. The van der Waals surface area contributed by atoms with Crippen LogP contribution in [0.15, 0.2) is 28.2 Å². The quantitative estimate of drug-likeness (QED) is 0.862. The van der Waals surface area contributed by atoms with E-state index in [0.717, 1.165) is 35.1 Å². The molecule has 0 saturated heterocycles. The summed E-state index contributed by atoms with van der Waals surface area (Å²) in [4.78, 5) is 13.4. The highest BCUT2D eigenvalue weighted by Crippen LogP contribution is 2.28. The van der Waals surface area contributed by atoms with Crippen LogP contribution in [0.2, 0.25) is 0 Å². The minimum Gasteiger partial charge on any atom is -0.478 e. The number of hydrogen-bond donors (Lipinski definition) is 1. The lowest BCUT2D eigenvalue weighted by Gasteiger charge is -2.21. The monoisotopic (exact) mass is 309 g/mol. The summed E-state index contributed by atoms with van der Waals surface area (Å²) in [5.74, 6) is -0.814. The summed E-state index contributed by atoms with van der Waals surface area (Å²) >= 11 is 3.44. The molecule has 0 amide bonds. The number of carbonyl (C=O) groups is 1. The second kappa shape index (κ2) is 5.57. The second-order valence-electron chi connectivity index (χ2n) is 4.56. The van der Waals surface area contributed by atoms with Gasteiger partial charge < -0.3 is 10.0 Å². The van der Waals surface area contributed by atoms with Crippen molar-refractivity contribution in [3.63, 3.8) is 0 Å². The van der Waals surface area contributed by atoms with E-state index >= 15 is 0 Å². The molecule has 0 atom stereocenters. The van der Waals surface area contributed by atoms with Gasteiger partial charge in [0.25, 0.3) is 0 Å². The molecule has 18 heavy (non-hydrogen) atoms. The van der Waals surface area contributed by atoms with Crippen LogP contribution in [0, 0.1) is 0 Å². The molecule has 1 aromatic rings. The third kappa shape index (κ3) is 2.93. The zero-order valence-corrected chi connectivity index (χ0v) is 11.9. The van der Waals surface area contributed by atoms with Crippen molar-refractivity contribution in [3.8, 4) is 0 Å². The summed E-state index contributed by atoms with van der Waals surface area (Å²) in [6, 6.07) is 5.99. The third-order valence-electron chi connectivity index (χ3n) is 3.19. The number of carboxylic acids is 1. The highest BCUT2D eigenvalue weighted by atomic mass is 79.9. The number of benzene rings is 1. The van der Waals surface area contributed by atoms with Crippen molar-refractivity contribution < 1.29 is 9.90 Å². The second-order valence-corrected chi connectivity index (χ2v) is 5.47. The molecule has 0 saturated carbocycles. The van der Waals surface area contributed by atoms with Crippen LogP contribution in [0.5, 0.6) is 0 Å². The standard InChI is InChI=1S/C14H16BrNO2/c1-16-7-3-2-4-10(14(17)18)8-11-9-12(15)5-6-13(11)16/h5-6,8-9H,2-4,7H2,1H3,(H,17,18)/b10-8-. The van der Waals surface area contributed by atoms with Crippen LogP contribution in [-0.4, -0.2) is 24.7 Å². The molecular weight excluding hydrogens is 294 g/mol. The van der Waals surface area contributed by atoms with Gasteiger partial charge in [0.2, 0.25) is 0 Å². The van der Waals surface area contributed by atoms with E-state index in [9.17, 15) is 9.90 Å². The normalized spacial score (nSPS) is 19.0. The number of hydrogen-bond acceptors (Lipinski definition) is 2. The van der Waals surface area contributed by atoms with Gasteiger partial charge >= 0.3 is 5.97 Å². The highest BCUT2D eigenvalue weighted by Gasteiger charge is 2.14. The van der Waals surface area contributed by atoms with Gasteiger partial charge in [-0.1, -0.05) is 15.9 Å². The average molecular weight is 310 g/mol. The van der Waals surface area contributed by atoms with Gasteiger partial charge in [-0.25, -0.2) is 4.79 Å². The first-order chi connectivity index (χ1) is 8.58. The number of halogens is 1. The fourth-order valence-corrected chi connectivity index (χ4v) is 2.58. The molecule has 3 nitrogen and oxygen atoms in total. The molecular formula is C14H16BrNO2. The van der Waals surface area contributed by atoms with Crippen LogP contribution in [0.4, 0.5) is 5.69 Å². The minimum atomic E-state index is -0.814. The average Bonchev–Trinajstić information content (AvgIpc) is 2.39. The van der Waals surface area contributed by atoms with Crippen molar-refractivity contribution in [1.29, 1.82) is 0 Å². The van der Waals surface area contributed by atoms with Gasteiger partial charge in [-0.15, -0.1) is 0 Å². The van der Waals surface area contributed by atoms with Gasteiger partial charge in [0, 0.05) is 29.3 Å². The first kappa shape index (κ1) is 13.1. The van der Waals surface area contributed by atoms with E-state index in [1.165, 1.54) is 0 Å². The Morgan fingerprint density at radius 3 is 2.89 bits per heavy atom. The van der Waals surface area contributed by atoms with E-state index in [2.05, 4.69) is 20.8 Å². The maximum absolute atomic E-state index is 11.2. The first-order valence-corrected chi connectivity index (χ1v) is 6.82. The zero-order valence-electron chi connectivity index (χ0n) is 10.3. The molecule has 4 heteroatoms. The molecule has 1 heterocycles. The van der Waals surface area contributed by atoms with Gasteiger partial charge in [-0.3, -0.25) is 0 Å². The predicted molar refractivity (Wildman–Crippen MR) is 76.9 cm³/mol. The summed E-state index contributed by atoms with van der Waals surface area (Å²) < 4.78 is 0.967. The summed E-state index contributed by atoms with van der Waals surface area (Å²) in [7, 11) is 2.05. The number of fused-ring (bicyclic) bond motifs is 1. The van der Waals surface area contributed by atoms with E-state index in [-0.39, 0.29) is 0 Å². The van der Waals surface area contributed by atoms with Crippen molar-refractivity contribution in [2.75, 3.05) is 18.5 Å². The molecule has 0 fully saturated rings. The van der Waals surface area contributed by atoms with Crippen molar-refractivity contribution in [3.05, 3.63) is 33.8 Å². The Kier molecular flexibility index (Phi) is 4.07. The maximum atomic E-state index is 11.2. The molecule has 0 aliphatic carbocycles. The largest absolute Gasteiger partial charge is 0.478 e. The molecule has 1 N–H and O–H groups in total. The molecule has 0 radical (unpaired) electrons. The maximum Gasteiger partial charge on any atom is 0.331 e. The van der Waals surface area contributed by atoms with Crippen molar-refractivity contribution in [1.82, 2.24) is 0 Å². The Labute approximate surface area is 115 Å². The number of rotatable bonds is 1. The van der Waals surface area contributed by atoms with Crippen LogP contribution in [-0.2, 0) is 4.79 Å². The molecule has 0 spiro atoms. The molecule has 0 aromatic heterocycles. The Bertz CT molecular complexity index is 497. The fraction of sp³-hybridized carbons (Fsp3) is 0.357. The lowest BCUT2D eigenvalue weighted by Crippen LogP contribution is -2.18. The van der Waals surface area contributed by atoms with Crippen LogP contribution >= 0.6 is 15.9 Å². The number of carboxylic acid groups (broad SMARTS) is 1. The summed E-state index contributed by atoms with van der Waals surface area (Å²) in [5, 5.41) is 9.21. The SMILES string of the molecule is CN1CCCC/C(C(=O)O)=C/c2cc(Br)ccc21. The molecule has 0 bridgehead atoms. The van der Waals surface area contributed by atoms with Crippen LogP contribution in [0.1, 0.15) is 24.8 Å². The van der Waals surface area contributed by atoms with E-state index in [4.69, 9.17) is 0 Å². The zero-order chi connectivity index (χ0) is 13.1. The van der Waals surface area contributed by atoms with E-state index < -0.39 is 5.97 Å². The first-order valence-electron chi connectivity index (χ1n) is 6.02. The smallest absolute Gasteiger partial charge is 0.331 e. The Morgan fingerprint density at radius 2 is 2.17 bits per heavy atom. The van der Waals surface area contributed by atoms with Gasteiger partial charge in [-0.05, 0) is 49.1 Å². The fourth-order valence-electron chi connectivity index (χ4n) is 2.20. The van der Waals surface area contributed by atoms with Crippen molar-refractivity contribution in [2.45, 2.75) is 19.3 Å². The summed E-state index contributed by atoms with van der Waals surface area (Å²) in [6.07, 6.45) is 4.35. The summed E-state index contributed by atoms with van der Waals surface area (Å²) in [5.41, 5.74) is 2.54.